The number of nitrogens with one attached hydrogen (secondary N) is 2. The second-order valence-corrected chi connectivity index (χ2v) is 5.98. The maximum atomic E-state index is 11.9. The van der Waals surface area contributed by atoms with Crippen LogP contribution in [0.3, 0.4) is 0 Å². The van der Waals surface area contributed by atoms with Gasteiger partial charge in [-0.1, -0.05) is 18.2 Å². The van der Waals surface area contributed by atoms with E-state index in [2.05, 4.69) is 16.7 Å². The molecule has 0 aliphatic carbocycles. The lowest BCUT2D eigenvalue weighted by Gasteiger charge is -2.12. The highest BCUT2D eigenvalue weighted by molar-refractivity contribution is 5.94. The van der Waals surface area contributed by atoms with Crippen LogP contribution in [0, 0.1) is 0 Å². The van der Waals surface area contributed by atoms with Gasteiger partial charge in [0, 0.05) is 23.8 Å². The summed E-state index contributed by atoms with van der Waals surface area (Å²) in [6.07, 6.45) is 1.92. The van der Waals surface area contributed by atoms with Gasteiger partial charge < -0.3 is 20.5 Å². The molecule has 2 aromatic carbocycles. The quantitative estimate of drug-likeness (QED) is 0.613. The number of ether oxygens (including phenoxy) is 1. The molecular formula is C20H26N2O3. The lowest BCUT2D eigenvalue weighted by molar-refractivity contribution is 0.0922. The van der Waals surface area contributed by atoms with Crippen molar-refractivity contribution < 1.29 is 14.6 Å². The van der Waals surface area contributed by atoms with Gasteiger partial charge in [-0.15, -0.1) is 0 Å². The van der Waals surface area contributed by atoms with Crippen LogP contribution in [0.4, 0.5) is 5.69 Å². The van der Waals surface area contributed by atoms with Crippen LogP contribution in [0.1, 0.15) is 29.3 Å². The highest BCUT2D eigenvalue weighted by atomic mass is 16.5. The third-order valence-electron chi connectivity index (χ3n) is 3.94. The zero-order valence-electron chi connectivity index (χ0n) is 14.8. The van der Waals surface area contributed by atoms with Crippen molar-refractivity contribution in [3.05, 3.63) is 59.7 Å². The summed E-state index contributed by atoms with van der Waals surface area (Å²) in [6.45, 7) is 2.53. The molecule has 3 N–H and O–H groups in total. The number of benzene rings is 2. The zero-order valence-corrected chi connectivity index (χ0v) is 14.8. The Morgan fingerprint density at radius 1 is 1.16 bits per heavy atom. The number of amides is 1. The molecule has 0 aliphatic rings. The molecule has 1 unspecified atom stereocenters. The summed E-state index contributed by atoms with van der Waals surface area (Å²) >= 11 is 0. The topological polar surface area (TPSA) is 70.6 Å². The van der Waals surface area contributed by atoms with Crippen molar-refractivity contribution in [1.29, 1.82) is 0 Å². The molecule has 25 heavy (non-hydrogen) atoms. The number of carbonyl (C=O) groups excluding carboxylic acids is 1. The SMILES string of the molecule is COc1ccccc1CCCNc1ccc(C(=O)NC(C)CO)cc1. The summed E-state index contributed by atoms with van der Waals surface area (Å²) in [4.78, 5) is 11.9. The van der Waals surface area contributed by atoms with Crippen LogP contribution in [0.15, 0.2) is 48.5 Å². The lowest BCUT2D eigenvalue weighted by Crippen LogP contribution is -2.34. The van der Waals surface area contributed by atoms with E-state index in [0.29, 0.717) is 5.56 Å². The Labute approximate surface area is 149 Å². The molecule has 0 heterocycles. The van der Waals surface area contributed by atoms with Gasteiger partial charge in [0.1, 0.15) is 5.75 Å². The number of aliphatic hydroxyl groups excluding tert-OH is 1. The number of aryl methyl sites for hydroxylation is 1. The maximum absolute atomic E-state index is 11.9. The first kappa shape index (κ1) is 18.8. The zero-order chi connectivity index (χ0) is 18.1. The predicted octanol–water partition coefficient (Wildman–Crippen LogP) is 2.85. The molecule has 0 bridgehead atoms. The van der Waals surface area contributed by atoms with Gasteiger partial charge in [-0.3, -0.25) is 4.79 Å². The van der Waals surface area contributed by atoms with E-state index in [1.165, 1.54) is 5.56 Å². The molecule has 0 radical (unpaired) electrons. The number of methoxy groups -OCH3 is 1. The van der Waals surface area contributed by atoms with E-state index in [0.717, 1.165) is 30.8 Å². The third-order valence-corrected chi connectivity index (χ3v) is 3.94. The minimum Gasteiger partial charge on any atom is -0.496 e. The summed E-state index contributed by atoms with van der Waals surface area (Å²) in [7, 11) is 1.69. The van der Waals surface area contributed by atoms with Gasteiger partial charge in [0.05, 0.1) is 13.7 Å². The van der Waals surface area contributed by atoms with Crippen molar-refractivity contribution in [1.82, 2.24) is 5.32 Å². The van der Waals surface area contributed by atoms with Crippen LogP contribution in [0.25, 0.3) is 0 Å². The van der Waals surface area contributed by atoms with Gasteiger partial charge in [-0.25, -0.2) is 0 Å². The average Bonchev–Trinajstić information content (AvgIpc) is 2.65. The maximum Gasteiger partial charge on any atom is 0.251 e. The van der Waals surface area contributed by atoms with Gasteiger partial charge in [-0.2, -0.15) is 0 Å². The van der Waals surface area contributed by atoms with Gasteiger partial charge in [0.25, 0.3) is 5.91 Å². The van der Waals surface area contributed by atoms with Crippen molar-refractivity contribution in [2.75, 3.05) is 25.6 Å². The van der Waals surface area contributed by atoms with Crippen molar-refractivity contribution in [3.63, 3.8) is 0 Å². The molecular weight excluding hydrogens is 316 g/mol. The average molecular weight is 342 g/mol. The Morgan fingerprint density at radius 3 is 2.56 bits per heavy atom. The smallest absolute Gasteiger partial charge is 0.251 e. The highest BCUT2D eigenvalue weighted by Crippen LogP contribution is 2.19. The van der Waals surface area contributed by atoms with Crippen LogP contribution in [0.5, 0.6) is 5.75 Å². The first-order valence-electron chi connectivity index (χ1n) is 8.51. The second-order valence-electron chi connectivity index (χ2n) is 5.98. The lowest BCUT2D eigenvalue weighted by atomic mass is 10.1. The summed E-state index contributed by atoms with van der Waals surface area (Å²) in [5.74, 6) is 0.749. The molecule has 2 aromatic rings. The van der Waals surface area contributed by atoms with Crippen LogP contribution < -0.4 is 15.4 Å². The van der Waals surface area contributed by atoms with Gasteiger partial charge in [0.2, 0.25) is 0 Å². The molecule has 1 amide bonds. The molecule has 1 atom stereocenters. The molecule has 0 spiro atoms. The van der Waals surface area contributed by atoms with Crippen molar-refractivity contribution >= 4 is 11.6 Å². The minimum atomic E-state index is -0.250. The van der Waals surface area contributed by atoms with Gasteiger partial charge in [0.15, 0.2) is 0 Å². The van der Waals surface area contributed by atoms with E-state index in [1.54, 1.807) is 26.2 Å². The predicted molar refractivity (Wildman–Crippen MR) is 100 cm³/mol. The van der Waals surface area contributed by atoms with Gasteiger partial charge in [-0.05, 0) is 55.7 Å². The Kier molecular flexibility index (Phi) is 7.29. The number of rotatable bonds is 9. The molecule has 134 valence electrons. The fraction of sp³-hybridized carbons (Fsp3) is 0.350. The molecule has 5 nitrogen and oxygen atoms in total. The van der Waals surface area contributed by atoms with E-state index in [4.69, 9.17) is 9.84 Å². The van der Waals surface area contributed by atoms with E-state index >= 15 is 0 Å². The van der Waals surface area contributed by atoms with Crippen LogP contribution >= 0.6 is 0 Å². The van der Waals surface area contributed by atoms with Crippen molar-refractivity contribution in [3.8, 4) is 5.75 Å². The minimum absolute atomic E-state index is 0.0718. The first-order chi connectivity index (χ1) is 12.1. The van der Waals surface area contributed by atoms with Crippen molar-refractivity contribution in [2.24, 2.45) is 0 Å². The largest absolute Gasteiger partial charge is 0.496 e. The van der Waals surface area contributed by atoms with Crippen LogP contribution in [0.2, 0.25) is 0 Å². The van der Waals surface area contributed by atoms with Gasteiger partial charge >= 0.3 is 0 Å². The third kappa shape index (κ3) is 5.80. The normalized spacial score (nSPS) is 11.6. The van der Waals surface area contributed by atoms with Crippen LogP contribution in [-0.2, 0) is 6.42 Å². The fourth-order valence-corrected chi connectivity index (χ4v) is 2.51. The molecule has 5 heteroatoms. The van der Waals surface area contributed by atoms with E-state index in [9.17, 15) is 4.79 Å². The number of hydrogen-bond acceptors (Lipinski definition) is 4. The Balaban J connectivity index is 1.79. The van der Waals surface area contributed by atoms with Crippen LogP contribution in [-0.4, -0.2) is 37.3 Å². The molecule has 0 saturated heterocycles. The summed E-state index contributed by atoms with van der Waals surface area (Å²) < 4.78 is 5.36. The Bertz CT molecular complexity index is 671. The standard InChI is InChI=1S/C20H26N2O3/c1-15(14-23)22-20(24)17-9-11-18(12-10-17)21-13-5-7-16-6-3-4-8-19(16)25-2/h3-4,6,8-12,15,21,23H,5,7,13-14H2,1-2H3,(H,22,24). The van der Waals surface area contributed by atoms with Crippen molar-refractivity contribution in [2.45, 2.75) is 25.8 Å². The molecule has 0 aliphatic heterocycles. The summed E-state index contributed by atoms with van der Waals surface area (Å²) in [5.41, 5.74) is 2.77. The number of anilines is 1. The number of para-hydroxylation sites is 1. The number of hydrogen-bond donors (Lipinski definition) is 3. The molecule has 0 saturated carbocycles. The first-order valence-corrected chi connectivity index (χ1v) is 8.51. The summed E-state index contributed by atoms with van der Waals surface area (Å²) in [5, 5.41) is 15.1. The van der Waals surface area contributed by atoms with E-state index in [-0.39, 0.29) is 18.6 Å². The summed E-state index contributed by atoms with van der Waals surface area (Å²) in [6, 6.07) is 15.1. The Hall–Kier alpha value is -2.53. The van der Waals surface area contributed by atoms with E-state index < -0.39 is 0 Å². The highest BCUT2D eigenvalue weighted by Gasteiger charge is 2.08. The monoisotopic (exact) mass is 342 g/mol. The Morgan fingerprint density at radius 2 is 1.88 bits per heavy atom. The fourth-order valence-electron chi connectivity index (χ4n) is 2.51. The molecule has 0 fully saturated rings. The number of carbonyl (C=O) groups is 1. The van der Waals surface area contributed by atoms with E-state index in [1.807, 2.05) is 30.3 Å². The number of aliphatic hydroxyl groups is 1. The molecule has 2 rings (SSSR count). The second kappa shape index (κ2) is 9.69. The molecule has 0 aromatic heterocycles.